The molecule has 20 heavy (non-hydrogen) atoms. The van der Waals surface area contributed by atoms with Crippen molar-refractivity contribution >= 4 is 27.4 Å². The normalized spacial score (nSPS) is 17.2. The summed E-state index contributed by atoms with van der Waals surface area (Å²) in [6, 6.07) is 6.51. The van der Waals surface area contributed by atoms with Crippen LogP contribution in [0.3, 0.4) is 0 Å². The summed E-state index contributed by atoms with van der Waals surface area (Å²) < 4.78 is 0.959. The van der Waals surface area contributed by atoms with Crippen LogP contribution in [0.4, 0.5) is 5.69 Å². The molecular weight excluding hydrogens is 316 g/mol. The van der Waals surface area contributed by atoms with Crippen molar-refractivity contribution in [2.75, 3.05) is 31.6 Å². The van der Waals surface area contributed by atoms with E-state index in [1.165, 1.54) is 0 Å². The predicted octanol–water partition coefficient (Wildman–Crippen LogP) is 3.57. The molecule has 3 nitrogen and oxygen atoms in total. The number of carbonyl (C=O) groups excluding carboxylic acids is 1. The van der Waals surface area contributed by atoms with E-state index in [1.807, 2.05) is 18.2 Å². The van der Waals surface area contributed by atoms with Crippen LogP contribution in [0.15, 0.2) is 22.7 Å². The van der Waals surface area contributed by atoms with E-state index in [1.54, 1.807) is 6.92 Å². The van der Waals surface area contributed by atoms with Crippen molar-refractivity contribution in [3.05, 3.63) is 28.2 Å². The minimum atomic E-state index is 0.124. The summed E-state index contributed by atoms with van der Waals surface area (Å²) in [5, 5.41) is 0. The van der Waals surface area contributed by atoms with Crippen molar-refractivity contribution in [3.63, 3.8) is 0 Å². The van der Waals surface area contributed by atoms with Crippen LogP contribution in [0.2, 0.25) is 0 Å². The average molecular weight is 339 g/mol. The fraction of sp³-hybridized carbons (Fsp3) is 0.562. The van der Waals surface area contributed by atoms with Crippen LogP contribution in [0.1, 0.15) is 37.0 Å². The number of carbonyl (C=O) groups is 1. The van der Waals surface area contributed by atoms with Gasteiger partial charge in [0.05, 0.1) is 0 Å². The van der Waals surface area contributed by atoms with Crippen LogP contribution >= 0.6 is 15.9 Å². The number of Topliss-reactive ketones (excluding diaryl/α,β-unsaturated/α-hetero) is 1. The van der Waals surface area contributed by atoms with Gasteiger partial charge in [0, 0.05) is 41.9 Å². The number of rotatable bonds is 4. The van der Waals surface area contributed by atoms with E-state index >= 15 is 0 Å². The summed E-state index contributed by atoms with van der Waals surface area (Å²) in [6.45, 7) is 7.29. The smallest absolute Gasteiger partial charge is 0.161 e. The van der Waals surface area contributed by atoms with Gasteiger partial charge in [-0.15, -0.1) is 0 Å². The Bertz CT molecular complexity index is 481. The zero-order valence-corrected chi connectivity index (χ0v) is 14.1. The Balaban J connectivity index is 2.17. The number of likely N-dealkylation sites (tertiary alicyclic amines) is 1. The standard InChI is InChI=1S/C16H23BrN2O/c1-4-19-9-7-14(8-10-19)18(3)16-6-5-13(17)11-15(16)12(2)20/h5-6,11,14H,4,7-10H2,1-3H3. The second kappa shape index (κ2) is 6.72. The van der Waals surface area contributed by atoms with E-state index in [2.05, 4.69) is 39.7 Å². The van der Waals surface area contributed by atoms with Gasteiger partial charge in [0.1, 0.15) is 0 Å². The van der Waals surface area contributed by atoms with Gasteiger partial charge >= 0.3 is 0 Å². The fourth-order valence-electron chi connectivity index (χ4n) is 2.92. The Morgan fingerprint density at radius 1 is 1.40 bits per heavy atom. The van der Waals surface area contributed by atoms with Crippen molar-refractivity contribution < 1.29 is 4.79 Å². The maximum atomic E-state index is 11.8. The molecule has 0 aliphatic carbocycles. The molecule has 0 radical (unpaired) electrons. The number of piperidine rings is 1. The number of ketones is 1. The van der Waals surface area contributed by atoms with Crippen molar-refractivity contribution in [3.8, 4) is 0 Å². The number of halogens is 1. The van der Waals surface area contributed by atoms with Crippen LogP contribution in [0.25, 0.3) is 0 Å². The maximum Gasteiger partial charge on any atom is 0.161 e. The molecule has 0 atom stereocenters. The van der Waals surface area contributed by atoms with E-state index < -0.39 is 0 Å². The van der Waals surface area contributed by atoms with Crippen molar-refractivity contribution in [2.45, 2.75) is 32.7 Å². The number of hydrogen-bond donors (Lipinski definition) is 0. The van der Waals surface area contributed by atoms with Gasteiger partial charge in [0.25, 0.3) is 0 Å². The molecule has 1 fully saturated rings. The SMILES string of the molecule is CCN1CCC(N(C)c2ccc(Br)cc2C(C)=O)CC1. The van der Waals surface area contributed by atoms with Crippen molar-refractivity contribution in [2.24, 2.45) is 0 Å². The molecule has 1 heterocycles. The molecule has 0 unspecified atom stereocenters. The van der Waals surface area contributed by atoms with Gasteiger partial charge < -0.3 is 9.80 Å². The Morgan fingerprint density at radius 2 is 2.05 bits per heavy atom. The van der Waals surface area contributed by atoms with Crippen LogP contribution < -0.4 is 4.90 Å². The molecular formula is C16H23BrN2O. The minimum absolute atomic E-state index is 0.124. The quantitative estimate of drug-likeness (QED) is 0.784. The highest BCUT2D eigenvalue weighted by Crippen LogP contribution is 2.28. The van der Waals surface area contributed by atoms with Crippen LogP contribution in [-0.2, 0) is 0 Å². The van der Waals surface area contributed by atoms with E-state index in [-0.39, 0.29) is 5.78 Å². The fourth-order valence-corrected chi connectivity index (χ4v) is 3.28. The first-order valence-corrected chi connectivity index (χ1v) is 8.08. The van der Waals surface area contributed by atoms with Gasteiger partial charge in [0.15, 0.2) is 5.78 Å². The number of benzene rings is 1. The van der Waals surface area contributed by atoms with Gasteiger partial charge in [-0.2, -0.15) is 0 Å². The third-order valence-electron chi connectivity index (χ3n) is 4.27. The Hall–Kier alpha value is -0.870. The lowest BCUT2D eigenvalue weighted by Gasteiger charge is -2.38. The second-order valence-corrected chi connectivity index (χ2v) is 6.41. The van der Waals surface area contributed by atoms with Gasteiger partial charge in [-0.25, -0.2) is 0 Å². The molecule has 0 spiro atoms. The van der Waals surface area contributed by atoms with Gasteiger partial charge in [0.2, 0.25) is 0 Å². The molecule has 4 heteroatoms. The van der Waals surface area contributed by atoms with Crippen LogP contribution in [0, 0.1) is 0 Å². The molecule has 0 N–H and O–H groups in total. The molecule has 1 aromatic rings. The van der Waals surface area contributed by atoms with E-state index in [0.717, 1.165) is 48.2 Å². The largest absolute Gasteiger partial charge is 0.371 e. The zero-order valence-electron chi connectivity index (χ0n) is 12.5. The molecule has 1 aliphatic rings. The number of hydrogen-bond acceptors (Lipinski definition) is 3. The molecule has 1 aliphatic heterocycles. The molecule has 1 aromatic carbocycles. The third-order valence-corrected chi connectivity index (χ3v) is 4.76. The first-order chi connectivity index (χ1) is 9.52. The molecule has 2 rings (SSSR count). The highest BCUT2D eigenvalue weighted by Gasteiger charge is 2.23. The minimum Gasteiger partial charge on any atom is -0.371 e. The van der Waals surface area contributed by atoms with Gasteiger partial charge in [-0.3, -0.25) is 4.79 Å². The van der Waals surface area contributed by atoms with Crippen LogP contribution in [-0.4, -0.2) is 43.4 Å². The maximum absolute atomic E-state index is 11.8. The first kappa shape index (κ1) is 15.5. The predicted molar refractivity (Wildman–Crippen MR) is 87.7 cm³/mol. The van der Waals surface area contributed by atoms with E-state index in [4.69, 9.17) is 0 Å². The number of anilines is 1. The third kappa shape index (κ3) is 3.41. The summed E-state index contributed by atoms with van der Waals surface area (Å²) >= 11 is 3.45. The summed E-state index contributed by atoms with van der Waals surface area (Å²) in [5.41, 5.74) is 1.86. The van der Waals surface area contributed by atoms with Crippen LogP contribution in [0.5, 0.6) is 0 Å². The molecule has 0 amide bonds. The molecule has 0 saturated carbocycles. The topological polar surface area (TPSA) is 23.6 Å². The molecule has 0 bridgehead atoms. The summed E-state index contributed by atoms with van der Waals surface area (Å²) in [4.78, 5) is 16.6. The Morgan fingerprint density at radius 3 is 2.60 bits per heavy atom. The lowest BCUT2D eigenvalue weighted by molar-refractivity contribution is 0.101. The monoisotopic (exact) mass is 338 g/mol. The first-order valence-electron chi connectivity index (χ1n) is 7.28. The van der Waals surface area contributed by atoms with E-state index in [9.17, 15) is 4.79 Å². The summed E-state index contributed by atoms with van der Waals surface area (Å²) in [5.74, 6) is 0.124. The lowest BCUT2D eigenvalue weighted by Crippen LogP contribution is -2.43. The van der Waals surface area contributed by atoms with Gasteiger partial charge in [-0.1, -0.05) is 22.9 Å². The van der Waals surface area contributed by atoms with Gasteiger partial charge in [-0.05, 0) is 44.5 Å². The molecule has 0 aromatic heterocycles. The lowest BCUT2D eigenvalue weighted by atomic mass is 10.0. The highest BCUT2D eigenvalue weighted by molar-refractivity contribution is 9.10. The number of nitrogens with zero attached hydrogens (tertiary/aromatic N) is 2. The second-order valence-electron chi connectivity index (χ2n) is 5.49. The molecule has 1 saturated heterocycles. The molecule has 110 valence electrons. The Kier molecular flexibility index (Phi) is 5.22. The zero-order chi connectivity index (χ0) is 14.7. The highest BCUT2D eigenvalue weighted by atomic mass is 79.9. The van der Waals surface area contributed by atoms with Crippen molar-refractivity contribution in [1.29, 1.82) is 0 Å². The average Bonchev–Trinajstić information content (AvgIpc) is 2.46. The Labute approximate surface area is 130 Å². The summed E-state index contributed by atoms with van der Waals surface area (Å²) in [7, 11) is 2.11. The van der Waals surface area contributed by atoms with E-state index in [0.29, 0.717) is 6.04 Å². The summed E-state index contributed by atoms with van der Waals surface area (Å²) in [6.07, 6.45) is 2.33. The van der Waals surface area contributed by atoms with Crippen molar-refractivity contribution in [1.82, 2.24) is 4.90 Å².